The predicted octanol–water partition coefficient (Wildman–Crippen LogP) is 5.31. The Kier molecular flexibility index (Phi) is 6.78. The first-order chi connectivity index (χ1) is 11.7. The predicted molar refractivity (Wildman–Crippen MR) is 99.4 cm³/mol. The molecule has 0 atom stereocenters. The molecular weight excluding hydrogens is 296 g/mol. The molecule has 0 spiro atoms. The summed E-state index contributed by atoms with van der Waals surface area (Å²) in [5.41, 5.74) is 3.67. The lowest BCUT2D eigenvalue weighted by molar-refractivity contribution is 0.112. The summed E-state index contributed by atoms with van der Waals surface area (Å²) in [6.07, 6.45) is 9.33. The molecule has 122 valence electrons. The number of hydrogen-bond donors (Lipinski definition) is 0. The van der Waals surface area contributed by atoms with Gasteiger partial charge in [-0.1, -0.05) is 66.8 Å². The van der Waals surface area contributed by atoms with E-state index in [-0.39, 0.29) is 0 Å². The summed E-state index contributed by atoms with van der Waals surface area (Å²) >= 11 is 0. The Hall–Kier alpha value is -2.87. The van der Waals surface area contributed by atoms with Crippen molar-refractivity contribution in [1.82, 2.24) is 0 Å². The van der Waals surface area contributed by atoms with E-state index in [0.29, 0.717) is 18.6 Å². The maximum Gasteiger partial charge on any atom is 0.150 e. The third kappa shape index (κ3) is 5.40. The minimum absolute atomic E-state index is 0.495. The fourth-order valence-electron chi connectivity index (χ4n) is 2.29. The van der Waals surface area contributed by atoms with Crippen LogP contribution >= 0.6 is 0 Å². The van der Waals surface area contributed by atoms with Gasteiger partial charge in [-0.15, -0.1) is 0 Å². The fourth-order valence-corrected chi connectivity index (χ4v) is 2.29. The first-order valence-electron chi connectivity index (χ1n) is 7.95. The molecule has 0 amide bonds. The lowest BCUT2D eigenvalue weighted by Crippen LogP contribution is -2.00. The Labute approximate surface area is 143 Å². The number of carbonyl (C=O) groups excluding carboxylic acids is 1. The van der Waals surface area contributed by atoms with Gasteiger partial charge in [0.05, 0.1) is 0 Å². The molecule has 0 fully saturated rings. The fraction of sp³-hybridized carbons (Fsp3) is 0.136. The minimum atomic E-state index is 0.495. The Morgan fingerprint density at radius 2 is 1.92 bits per heavy atom. The normalized spacial score (nSPS) is 11.0. The van der Waals surface area contributed by atoms with Gasteiger partial charge in [0.15, 0.2) is 0 Å². The summed E-state index contributed by atoms with van der Waals surface area (Å²) in [6.45, 7) is 6.54. The SMILES string of the molecule is C=C(/C=C\C=C/C)Cc1cc(C=O)ccc1OCc1ccccc1. The molecule has 0 saturated carbocycles. The van der Waals surface area contributed by atoms with Gasteiger partial charge in [0.25, 0.3) is 0 Å². The molecule has 0 aromatic heterocycles. The number of rotatable bonds is 8. The Morgan fingerprint density at radius 3 is 2.62 bits per heavy atom. The van der Waals surface area contributed by atoms with Crippen molar-refractivity contribution in [2.24, 2.45) is 0 Å². The average molecular weight is 318 g/mol. The molecule has 0 N–H and O–H groups in total. The van der Waals surface area contributed by atoms with Crippen LogP contribution in [0, 0.1) is 0 Å². The van der Waals surface area contributed by atoms with E-state index in [0.717, 1.165) is 28.7 Å². The van der Waals surface area contributed by atoms with Crippen LogP contribution in [0.3, 0.4) is 0 Å². The van der Waals surface area contributed by atoms with Gasteiger partial charge in [-0.2, -0.15) is 0 Å². The zero-order valence-corrected chi connectivity index (χ0v) is 13.9. The molecule has 0 aliphatic rings. The highest BCUT2D eigenvalue weighted by atomic mass is 16.5. The zero-order valence-electron chi connectivity index (χ0n) is 13.9. The first-order valence-corrected chi connectivity index (χ1v) is 7.95. The highest BCUT2D eigenvalue weighted by Crippen LogP contribution is 2.24. The van der Waals surface area contributed by atoms with Crippen LogP contribution in [-0.2, 0) is 13.0 Å². The molecule has 0 bridgehead atoms. The molecule has 2 aromatic rings. The third-order valence-corrected chi connectivity index (χ3v) is 3.51. The second-order valence-corrected chi connectivity index (χ2v) is 5.48. The summed E-state index contributed by atoms with van der Waals surface area (Å²) in [5, 5.41) is 0. The van der Waals surface area contributed by atoms with Crippen LogP contribution in [-0.4, -0.2) is 6.29 Å². The van der Waals surface area contributed by atoms with Gasteiger partial charge in [-0.05, 0) is 36.2 Å². The van der Waals surface area contributed by atoms with E-state index in [1.807, 2.05) is 73.7 Å². The van der Waals surface area contributed by atoms with E-state index in [4.69, 9.17) is 4.74 Å². The first kappa shape index (κ1) is 17.5. The number of aldehydes is 1. The van der Waals surface area contributed by atoms with Crippen molar-refractivity contribution in [3.05, 3.63) is 102 Å². The average Bonchev–Trinajstić information content (AvgIpc) is 2.61. The molecule has 0 unspecified atom stereocenters. The van der Waals surface area contributed by atoms with Crippen LogP contribution in [0.5, 0.6) is 5.75 Å². The third-order valence-electron chi connectivity index (χ3n) is 3.51. The standard InChI is InChI=1S/C22H22O2/c1-3-4-6-9-18(2)14-21-15-20(16-23)12-13-22(21)24-17-19-10-7-5-8-11-19/h3-13,15-16H,2,14,17H2,1H3/b4-3-,9-6-. The Morgan fingerprint density at radius 1 is 1.12 bits per heavy atom. The number of hydrogen-bond acceptors (Lipinski definition) is 2. The lowest BCUT2D eigenvalue weighted by Gasteiger charge is -2.12. The van der Waals surface area contributed by atoms with Gasteiger partial charge in [0.2, 0.25) is 0 Å². The summed E-state index contributed by atoms with van der Waals surface area (Å²) in [5.74, 6) is 0.782. The molecule has 24 heavy (non-hydrogen) atoms. The van der Waals surface area contributed by atoms with Crippen LogP contribution < -0.4 is 4.74 Å². The molecule has 2 nitrogen and oxygen atoms in total. The molecule has 0 heterocycles. The summed E-state index contributed by atoms with van der Waals surface area (Å²) < 4.78 is 5.95. The van der Waals surface area contributed by atoms with Crippen LogP contribution in [0.4, 0.5) is 0 Å². The molecule has 0 radical (unpaired) electrons. The minimum Gasteiger partial charge on any atom is -0.489 e. The number of benzene rings is 2. The summed E-state index contributed by atoms with van der Waals surface area (Å²) in [7, 11) is 0. The maximum atomic E-state index is 11.1. The van der Waals surface area contributed by atoms with Crippen molar-refractivity contribution < 1.29 is 9.53 Å². The number of carbonyl (C=O) groups is 1. The second kappa shape index (κ2) is 9.31. The molecule has 2 heteroatoms. The van der Waals surface area contributed by atoms with E-state index in [2.05, 4.69) is 6.58 Å². The van der Waals surface area contributed by atoms with Gasteiger partial charge in [0, 0.05) is 12.0 Å². The number of ether oxygens (including phenoxy) is 1. The Balaban J connectivity index is 2.14. The topological polar surface area (TPSA) is 26.3 Å². The number of allylic oxidation sites excluding steroid dienone is 5. The summed E-state index contributed by atoms with van der Waals surface area (Å²) in [4.78, 5) is 11.1. The second-order valence-electron chi connectivity index (χ2n) is 5.48. The van der Waals surface area contributed by atoms with Crippen LogP contribution in [0.1, 0.15) is 28.4 Å². The highest BCUT2D eigenvalue weighted by Gasteiger charge is 2.07. The van der Waals surface area contributed by atoms with E-state index >= 15 is 0 Å². The maximum absolute atomic E-state index is 11.1. The van der Waals surface area contributed by atoms with E-state index < -0.39 is 0 Å². The van der Waals surface area contributed by atoms with E-state index in [1.165, 1.54) is 0 Å². The smallest absolute Gasteiger partial charge is 0.150 e. The monoisotopic (exact) mass is 318 g/mol. The van der Waals surface area contributed by atoms with Crippen molar-refractivity contribution in [2.45, 2.75) is 20.0 Å². The van der Waals surface area contributed by atoms with E-state index in [9.17, 15) is 4.79 Å². The molecular formula is C22H22O2. The van der Waals surface area contributed by atoms with Crippen LogP contribution in [0.2, 0.25) is 0 Å². The van der Waals surface area contributed by atoms with Gasteiger partial charge in [-0.25, -0.2) is 0 Å². The van der Waals surface area contributed by atoms with Gasteiger partial charge >= 0.3 is 0 Å². The highest BCUT2D eigenvalue weighted by molar-refractivity contribution is 5.75. The molecule has 0 aliphatic heterocycles. The van der Waals surface area contributed by atoms with Gasteiger partial charge in [0.1, 0.15) is 18.6 Å². The van der Waals surface area contributed by atoms with Crippen molar-refractivity contribution in [1.29, 1.82) is 0 Å². The van der Waals surface area contributed by atoms with Gasteiger partial charge < -0.3 is 4.74 Å². The van der Waals surface area contributed by atoms with Crippen LogP contribution in [0.25, 0.3) is 0 Å². The zero-order chi connectivity index (χ0) is 17.2. The lowest BCUT2D eigenvalue weighted by atomic mass is 10.0. The molecule has 2 aromatic carbocycles. The quantitative estimate of drug-likeness (QED) is 0.487. The van der Waals surface area contributed by atoms with Crippen LogP contribution in [0.15, 0.2) is 85.0 Å². The van der Waals surface area contributed by atoms with Crippen molar-refractivity contribution in [3.8, 4) is 5.75 Å². The molecule has 2 rings (SSSR count). The van der Waals surface area contributed by atoms with Crippen molar-refractivity contribution in [3.63, 3.8) is 0 Å². The molecule has 0 saturated heterocycles. The summed E-state index contributed by atoms with van der Waals surface area (Å²) in [6, 6.07) is 15.5. The Bertz CT molecular complexity index is 740. The largest absolute Gasteiger partial charge is 0.489 e. The van der Waals surface area contributed by atoms with Crippen molar-refractivity contribution in [2.75, 3.05) is 0 Å². The van der Waals surface area contributed by atoms with Crippen molar-refractivity contribution >= 4 is 6.29 Å². The van der Waals surface area contributed by atoms with E-state index in [1.54, 1.807) is 6.07 Å². The molecule has 0 aliphatic carbocycles. The van der Waals surface area contributed by atoms with Gasteiger partial charge in [-0.3, -0.25) is 4.79 Å².